The lowest BCUT2D eigenvalue weighted by atomic mass is 10.0. The van der Waals surface area contributed by atoms with Gasteiger partial charge < -0.3 is 9.73 Å². The molecule has 20 heavy (non-hydrogen) atoms. The standard InChI is InChI=1S/C16H19F2NO/c1-3-9-19-16(15-8-6-12(4-2)20-15)11-5-7-13(17)14(18)10-11/h5-8,10,16,19H,3-4,9H2,1-2H3. The van der Waals surface area contributed by atoms with Gasteiger partial charge in [0.05, 0.1) is 6.04 Å². The highest BCUT2D eigenvalue weighted by Gasteiger charge is 2.18. The van der Waals surface area contributed by atoms with Crippen molar-refractivity contribution in [1.29, 1.82) is 0 Å². The largest absolute Gasteiger partial charge is 0.464 e. The Bertz CT molecular complexity index is 565. The third-order valence-corrected chi connectivity index (χ3v) is 3.19. The molecule has 1 N–H and O–H groups in total. The Morgan fingerprint density at radius 3 is 2.50 bits per heavy atom. The Hall–Kier alpha value is -1.68. The predicted molar refractivity (Wildman–Crippen MR) is 74.6 cm³/mol. The van der Waals surface area contributed by atoms with Gasteiger partial charge in [-0.2, -0.15) is 0 Å². The van der Waals surface area contributed by atoms with Gasteiger partial charge in [-0.1, -0.05) is 19.9 Å². The zero-order chi connectivity index (χ0) is 14.5. The normalized spacial score (nSPS) is 12.6. The SMILES string of the molecule is CCCNC(c1ccc(F)c(F)c1)c1ccc(CC)o1. The molecule has 1 atom stereocenters. The van der Waals surface area contributed by atoms with Crippen LogP contribution in [0.2, 0.25) is 0 Å². The Kier molecular flexibility index (Phi) is 4.90. The first-order valence-electron chi connectivity index (χ1n) is 6.92. The lowest BCUT2D eigenvalue weighted by Crippen LogP contribution is -2.23. The molecule has 2 nitrogen and oxygen atoms in total. The second-order valence-electron chi connectivity index (χ2n) is 4.72. The van der Waals surface area contributed by atoms with E-state index in [0.717, 1.165) is 37.0 Å². The van der Waals surface area contributed by atoms with E-state index in [0.29, 0.717) is 5.56 Å². The number of rotatable bonds is 6. The van der Waals surface area contributed by atoms with Gasteiger partial charge in [0.2, 0.25) is 0 Å². The number of benzene rings is 1. The van der Waals surface area contributed by atoms with Crippen molar-refractivity contribution in [2.24, 2.45) is 0 Å². The molecule has 0 aliphatic heterocycles. The molecule has 0 aliphatic rings. The highest BCUT2D eigenvalue weighted by molar-refractivity contribution is 5.28. The van der Waals surface area contributed by atoms with Crippen LogP contribution in [-0.4, -0.2) is 6.54 Å². The van der Waals surface area contributed by atoms with E-state index in [1.165, 1.54) is 6.07 Å². The summed E-state index contributed by atoms with van der Waals surface area (Å²) < 4.78 is 32.2. The molecule has 1 aromatic carbocycles. The molecule has 1 unspecified atom stereocenters. The van der Waals surface area contributed by atoms with E-state index in [-0.39, 0.29) is 6.04 Å². The summed E-state index contributed by atoms with van der Waals surface area (Å²) in [6, 6.07) is 7.49. The smallest absolute Gasteiger partial charge is 0.159 e. The van der Waals surface area contributed by atoms with Crippen LogP contribution >= 0.6 is 0 Å². The Balaban J connectivity index is 2.32. The number of hydrogen-bond donors (Lipinski definition) is 1. The van der Waals surface area contributed by atoms with Crippen LogP contribution in [0.25, 0.3) is 0 Å². The molecule has 1 aromatic heterocycles. The highest BCUT2D eigenvalue weighted by Crippen LogP contribution is 2.25. The van der Waals surface area contributed by atoms with Crippen LogP contribution in [0, 0.1) is 11.6 Å². The topological polar surface area (TPSA) is 25.2 Å². The van der Waals surface area contributed by atoms with E-state index in [1.807, 2.05) is 19.1 Å². The van der Waals surface area contributed by atoms with Crippen molar-refractivity contribution < 1.29 is 13.2 Å². The predicted octanol–water partition coefficient (Wildman–Crippen LogP) is 4.21. The fourth-order valence-corrected chi connectivity index (χ4v) is 2.10. The quantitative estimate of drug-likeness (QED) is 0.857. The zero-order valence-electron chi connectivity index (χ0n) is 11.7. The van der Waals surface area contributed by atoms with E-state index < -0.39 is 11.6 Å². The van der Waals surface area contributed by atoms with E-state index >= 15 is 0 Å². The number of nitrogens with one attached hydrogen (secondary N) is 1. The van der Waals surface area contributed by atoms with Crippen LogP contribution in [-0.2, 0) is 6.42 Å². The molecule has 2 rings (SSSR count). The lowest BCUT2D eigenvalue weighted by Gasteiger charge is -2.17. The third kappa shape index (κ3) is 3.25. The Morgan fingerprint density at radius 2 is 1.90 bits per heavy atom. The number of aryl methyl sites for hydroxylation is 1. The van der Waals surface area contributed by atoms with Crippen LogP contribution < -0.4 is 5.32 Å². The maximum Gasteiger partial charge on any atom is 0.159 e. The van der Waals surface area contributed by atoms with Crippen molar-refractivity contribution in [3.8, 4) is 0 Å². The molecule has 4 heteroatoms. The van der Waals surface area contributed by atoms with Gasteiger partial charge in [-0.05, 0) is 42.8 Å². The number of hydrogen-bond acceptors (Lipinski definition) is 2. The fourth-order valence-electron chi connectivity index (χ4n) is 2.10. The number of halogens is 2. The molecule has 1 heterocycles. The van der Waals surface area contributed by atoms with Crippen LogP contribution in [0.15, 0.2) is 34.7 Å². The van der Waals surface area contributed by atoms with E-state index in [4.69, 9.17) is 4.42 Å². The highest BCUT2D eigenvalue weighted by atomic mass is 19.2. The van der Waals surface area contributed by atoms with Gasteiger partial charge in [-0.25, -0.2) is 8.78 Å². The molecule has 0 bridgehead atoms. The third-order valence-electron chi connectivity index (χ3n) is 3.19. The summed E-state index contributed by atoms with van der Waals surface area (Å²) in [5, 5.41) is 3.30. The first kappa shape index (κ1) is 14.7. The van der Waals surface area contributed by atoms with Crippen molar-refractivity contribution in [2.75, 3.05) is 6.54 Å². The molecule has 0 spiro atoms. The Labute approximate surface area is 117 Å². The van der Waals surface area contributed by atoms with Crippen molar-refractivity contribution in [3.63, 3.8) is 0 Å². The second-order valence-corrected chi connectivity index (χ2v) is 4.72. The van der Waals surface area contributed by atoms with E-state index in [1.54, 1.807) is 6.07 Å². The summed E-state index contributed by atoms with van der Waals surface area (Å²) in [6.07, 6.45) is 1.75. The van der Waals surface area contributed by atoms with E-state index in [9.17, 15) is 8.78 Å². The summed E-state index contributed by atoms with van der Waals surface area (Å²) in [5.41, 5.74) is 0.661. The molecule has 0 saturated carbocycles. The molecule has 108 valence electrons. The summed E-state index contributed by atoms with van der Waals surface area (Å²) in [4.78, 5) is 0. The second kappa shape index (κ2) is 6.66. The molecular formula is C16H19F2NO. The van der Waals surface area contributed by atoms with Crippen molar-refractivity contribution in [3.05, 3.63) is 59.1 Å². The molecule has 0 saturated heterocycles. The summed E-state index contributed by atoms with van der Waals surface area (Å²) in [7, 11) is 0. The van der Waals surface area contributed by atoms with Gasteiger partial charge in [0.15, 0.2) is 11.6 Å². The maximum absolute atomic E-state index is 13.4. The average Bonchev–Trinajstić information content (AvgIpc) is 2.92. The molecule has 0 fully saturated rings. The molecule has 0 aliphatic carbocycles. The molecule has 2 aromatic rings. The Morgan fingerprint density at radius 1 is 1.10 bits per heavy atom. The summed E-state index contributed by atoms with van der Waals surface area (Å²) in [6.45, 7) is 4.83. The van der Waals surface area contributed by atoms with Crippen molar-refractivity contribution in [2.45, 2.75) is 32.7 Å². The first-order valence-corrected chi connectivity index (χ1v) is 6.92. The fraction of sp³-hybridized carbons (Fsp3) is 0.375. The van der Waals surface area contributed by atoms with Gasteiger partial charge in [0.25, 0.3) is 0 Å². The van der Waals surface area contributed by atoms with Gasteiger partial charge in [-0.15, -0.1) is 0 Å². The van der Waals surface area contributed by atoms with Crippen LogP contribution in [0.3, 0.4) is 0 Å². The molecule has 0 amide bonds. The first-order chi connectivity index (χ1) is 9.65. The summed E-state index contributed by atoms with van der Waals surface area (Å²) in [5.74, 6) is -0.0723. The van der Waals surface area contributed by atoms with E-state index in [2.05, 4.69) is 12.2 Å². The number of furan rings is 1. The van der Waals surface area contributed by atoms with Gasteiger partial charge in [0.1, 0.15) is 11.5 Å². The van der Waals surface area contributed by atoms with Crippen LogP contribution in [0.5, 0.6) is 0 Å². The zero-order valence-corrected chi connectivity index (χ0v) is 11.7. The maximum atomic E-state index is 13.4. The average molecular weight is 279 g/mol. The minimum atomic E-state index is -0.840. The van der Waals surface area contributed by atoms with Crippen LogP contribution in [0.4, 0.5) is 8.78 Å². The monoisotopic (exact) mass is 279 g/mol. The van der Waals surface area contributed by atoms with Crippen molar-refractivity contribution >= 4 is 0 Å². The van der Waals surface area contributed by atoms with Gasteiger partial charge in [0, 0.05) is 6.42 Å². The summed E-state index contributed by atoms with van der Waals surface area (Å²) >= 11 is 0. The van der Waals surface area contributed by atoms with Gasteiger partial charge in [-0.3, -0.25) is 0 Å². The van der Waals surface area contributed by atoms with Gasteiger partial charge >= 0.3 is 0 Å². The lowest BCUT2D eigenvalue weighted by molar-refractivity contribution is 0.420. The van der Waals surface area contributed by atoms with Crippen LogP contribution in [0.1, 0.15) is 43.4 Å². The molecule has 0 radical (unpaired) electrons. The van der Waals surface area contributed by atoms with Crippen molar-refractivity contribution in [1.82, 2.24) is 5.32 Å². The molecular weight excluding hydrogens is 260 g/mol. The minimum absolute atomic E-state index is 0.259. The minimum Gasteiger partial charge on any atom is -0.464 e.